The molecular formula is C28H40ClF3N6O3. The Morgan fingerprint density at radius 2 is 1.71 bits per heavy atom. The summed E-state index contributed by atoms with van der Waals surface area (Å²) in [6, 6.07) is 11.1. The van der Waals surface area contributed by atoms with Gasteiger partial charge in [-0.05, 0) is 64.2 Å². The predicted molar refractivity (Wildman–Crippen MR) is 152 cm³/mol. The van der Waals surface area contributed by atoms with Crippen LogP contribution in [0.3, 0.4) is 0 Å². The van der Waals surface area contributed by atoms with Gasteiger partial charge in [0.25, 0.3) is 0 Å². The van der Waals surface area contributed by atoms with Crippen molar-refractivity contribution in [2.75, 3.05) is 71.9 Å². The third kappa shape index (κ3) is 11.0. The van der Waals surface area contributed by atoms with E-state index < -0.39 is 12.1 Å². The standard InChI is InChI=1S/C26H39ClN6O.C2HF3O2/c1-30(2)15-16-31(3)18-25-19-33(24(20-34-25)17-21-5-7-22(27)8-6-21)23-9-13-32(14-10-23)26-28-11-4-12-29-26;3-2(4,5)1(6)7/h4-8,11-12,23-25H,9-10,13-20H2,1-3H3;(H,6,7)/t24-,25-;/m0./s1. The summed E-state index contributed by atoms with van der Waals surface area (Å²) in [4.78, 5) is 27.5. The molecule has 0 unspecified atom stereocenters. The van der Waals surface area contributed by atoms with E-state index in [9.17, 15) is 13.2 Å². The van der Waals surface area contributed by atoms with E-state index in [1.54, 1.807) is 0 Å². The molecule has 2 aromatic rings. The molecule has 0 saturated carbocycles. The van der Waals surface area contributed by atoms with Crippen molar-refractivity contribution in [3.8, 4) is 0 Å². The second-order valence-electron chi connectivity index (χ2n) is 10.8. The van der Waals surface area contributed by atoms with Crippen LogP contribution < -0.4 is 4.90 Å². The fourth-order valence-electron chi connectivity index (χ4n) is 5.07. The normalized spacial score (nSPS) is 20.7. The predicted octanol–water partition coefficient (Wildman–Crippen LogP) is 3.54. The maximum absolute atomic E-state index is 10.6. The van der Waals surface area contributed by atoms with Crippen LogP contribution in [0.25, 0.3) is 0 Å². The van der Waals surface area contributed by atoms with Crippen LogP contribution in [0.4, 0.5) is 19.1 Å². The summed E-state index contributed by atoms with van der Waals surface area (Å²) in [5, 5.41) is 7.91. The lowest BCUT2D eigenvalue weighted by Gasteiger charge is -2.47. The zero-order valence-corrected chi connectivity index (χ0v) is 24.6. The van der Waals surface area contributed by atoms with Crippen molar-refractivity contribution in [2.24, 2.45) is 0 Å². The van der Waals surface area contributed by atoms with E-state index in [-0.39, 0.29) is 6.10 Å². The molecule has 2 aliphatic rings. The second-order valence-corrected chi connectivity index (χ2v) is 11.2. The number of morpholine rings is 1. The van der Waals surface area contributed by atoms with Gasteiger partial charge in [-0.25, -0.2) is 14.8 Å². The first-order valence-electron chi connectivity index (χ1n) is 13.7. The molecular weight excluding hydrogens is 561 g/mol. The van der Waals surface area contributed by atoms with Crippen molar-refractivity contribution in [3.63, 3.8) is 0 Å². The Morgan fingerprint density at radius 3 is 2.27 bits per heavy atom. The molecule has 0 bridgehead atoms. The smallest absolute Gasteiger partial charge is 0.475 e. The van der Waals surface area contributed by atoms with Crippen LogP contribution in [0, 0.1) is 0 Å². The molecule has 4 rings (SSSR count). The molecule has 2 saturated heterocycles. The summed E-state index contributed by atoms with van der Waals surface area (Å²) in [5.74, 6) is -1.91. The molecule has 2 fully saturated rings. The number of ether oxygens (including phenoxy) is 1. The molecule has 0 spiro atoms. The number of rotatable bonds is 9. The minimum absolute atomic E-state index is 0.240. The average Bonchev–Trinajstić information content (AvgIpc) is 2.94. The monoisotopic (exact) mass is 600 g/mol. The number of carbonyl (C=O) groups is 1. The van der Waals surface area contributed by atoms with Crippen molar-refractivity contribution in [1.82, 2.24) is 24.7 Å². The average molecular weight is 601 g/mol. The molecule has 228 valence electrons. The van der Waals surface area contributed by atoms with Gasteiger partial charge in [0.15, 0.2) is 0 Å². The molecule has 3 heterocycles. The number of nitrogens with zero attached hydrogens (tertiary/aromatic N) is 6. The first-order valence-corrected chi connectivity index (χ1v) is 14.1. The topological polar surface area (TPSA) is 85.3 Å². The Balaban J connectivity index is 0.000000587. The van der Waals surface area contributed by atoms with E-state index in [0.29, 0.717) is 12.1 Å². The Labute approximate surface area is 244 Å². The number of carboxylic acid groups (broad SMARTS) is 1. The summed E-state index contributed by atoms with van der Waals surface area (Å²) in [6.07, 6.45) is 2.05. The highest BCUT2D eigenvalue weighted by Gasteiger charge is 2.38. The van der Waals surface area contributed by atoms with Gasteiger partial charge in [-0.1, -0.05) is 23.7 Å². The molecule has 1 N–H and O–H groups in total. The Hall–Kier alpha value is -2.51. The zero-order chi connectivity index (χ0) is 30.0. The largest absolute Gasteiger partial charge is 0.490 e. The summed E-state index contributed by atoms with van der Waals surface area (Å²) in [7, 11) is 6.46. The maximum atomic E-state index is 10.6. The van der Waals surface area contributed by atoms with Gasteiger partial charge < -0.3 is 24.5 Å². The lowest BCUT2D eigenvalue weighted by molar-refractivity contribution is -0.192. The lowest BCUT2D eigenvalue weighted by atomic mass is 9.96. The fraction of sp³-hybridized carbons (Fsp3) is 0.607. The number of aromatic nitrogens is 2. The number of piperidine rings is 1. The highest BCUT2D eigenvalue weighted by atomic mass is 35.5. The summed E-state index contributed by atoms with van der Waals surface area (Å²) < 4.78 is 38.2. The molecule has 1 aromatic heterocycles. The van der Waals surface area contributed by atoms with Crippen molar-refractivity contribution in [1.29, 1.82) is 0 Å². The zero-order valence-electron chi connectivity index (χ0n) is 23.8. The number of alkyl halides is 3. The Kier molecular flexibility index (Phi) is 12.6. The van der Waals surface area contributed by atoms with Gasteiger partial charge in [-0.2, -0.15) is 13.2 Å². The SMILES string of the molecule is CN(C)CCN(C)C[C@H]1CN(C2CCN(c3ncccn3)CC2)[C@@H](Cc2ccc(Cl)cc2)CO1.O=C(O)C(F)(F)F. The quantitative estimate of drug-likeness (QED) is 0.465. The summed E-state index contributed by atoms with van der Waals surface area (Å²) in [6.45, 7) is 6.82. The van der Waals surface area contributed by atoms with E-state index in [4.69, 9.17) is 26.2 Å². The van der Waals surface area contributed by atoms with Gasteiger partial charge in [0.1, 0.15) is 0 Å². The second kappa shape index (κ2) is 15.6. The fourth-order valence-corrected chi connectivity index (χ4v) is 5.19. The first kappa shape index (κ1) is 33.0. The minimum Gasteiger partial charge on any atom is -0.475 e. The van der Waals surface area contributed by atoms with Crippen molar-refractivity contribution >= 4 is 23.5 Å². The first-order chi connectivity index (χ1) is 19.4. The molecule has 2 aliphatic heterocycles. The van der Waals surface area contributed by atoms with Crippen LogP contribution in [-0.2, 0) is 16.0 Å². The van der Waals surface area contributed by atoms with Crippen molar-refractivity contribution in [2.45, 2.75) is 43.6 Å². The van der Waals surface area contributed by atoms with Crippen LogP contribution in [0.2, 0.25) is 5.02 Å². The van der Waals surface area contributed by atoms with Crippen LogP contribution in [0.5, 0.6) is 0 Å². The van der Waals surface area contributed by atoms with E-state index in [1.807, 2.05) is 30.6 Å². The third-order valence-corrected chi connectivity index (χ3v) is 7.50. The Morgan fingerprint density at radius 1 is 1.10 bits per heavy atom. The number of likely N-dealkylation sites (N-methyl/N-ethyl adjacent to an activating group) is 2. The molecule has 0 radical (unpaired) electrons. The number of anilines is 1. The van der Waals surface area contributed by atoms with E-state index in [1.165, 1.54) is 5.56 Å². The van der Waals surface area contributed by atoms with Crippen LogP contribution in [-0.4, -0.2) is 127 Å². The molecule has 0 aliphatic carbocycles. The van der Waals surface area contributed by atoms with Crippen LogP contribution in [0.15, 0.2) is 42.7 Å². The number of benzene rings is 1. The Bertz CT molecular complexity index is 1060. The van der Waals surface area contributed by atoms with Gasteiger partial charge in [-0.3, -0.25) is 4.90 Å². The molecule has 13 heteroatoms. The highest BCUT2D eigenvalue weighted by Crippen LogP contribution is 2.27. The number of halogens is 4. The molecule has 1 aromatic carbocycles. The van der Waals surface area contributed by atoms with E-state index >= 15 is 0 Å². The molecule has 0 amide bonds. The van der Waals surface area contributed by atoms with Gasteiger partial charge in [-0.15, -0.1) is 0 Å². The summed E-state index contributed by atoms with van der Waals surface area (Å²) >= 11 is 6.12. The molecule has 9 nitrogen and oxygen atoms in total. The molecule has 41 heavy (non-hydrogen) atoms. The summed E-state index contributed by atoms with van der Waals surface area (Å²) in [5.41, 5.74) is 1.32. The number of carboxylic acids is 1. The van der Waals surface area contributed by atoms with E-state index in [0.717, 1.165) is 76.1 Å². The number of hydrogen-bond donors (Lipinski definition) is 1. The van der Waals surface area contributed by atoms with E-state index in [2.05, 4.69) is 62.8 Å². The number of hydrogen-bond acceptors (Lipinski definition) is 8. The molecule has 2 atom stereocenters. The van der Waals surface area contributed by atoms with Gasteiger partial charge in [0.2, 0.25) is 5.95 Å². The minimum atomic E-state index is -5.08. The lowest BCUT2D eigenvalue weighted by Crippen LogP contribution is -2.58. The third-order valence-electron chi connectivity index (χ3n) is 7.25. The van der Waals surface area contributed by atoms with Crippen LogP contribution >= 0.6 is 11.6 Å². The van der Waals surface area contributed by atoms with Gasteiger partial charge >= 0.3 is 12.1 Å². The van der Waals surface area contributed by atoms with Gasteiger partial charge in [0, 0.05) is 68.8 Å². The van der Waals surface area contributed by atoms with Gasteiger partial charge in [0.05, 0.1) is 12.7 Å². The van der Waals surface area contributed by atoms with Crippen LogP contribution in [0.1, 0.15) is 18.4 Å². The van der Waals surface area contributed by atoms with Crippen molar-refractivity contribution in [3.05, 3.63) is 53.3 Å². The number of aliphatic carboxylic acids is 1. The highest BCUT2D eigenvalue weighted by molar-refractivity contribution is 6.30. The van der Waals surface area contributed by atoms with Crippen molar-refractivity contribution < 1.29 is 27.8 Å². The maximum Gasteiger partial charge on any atom is 0.490 e.